The maximum absolute atomic E-state index is 12.5. The van der Waals surface area contributed by atoms with E-state index >= 15 is 0 Å². The zero-order chi connectivity index (χ0) is 21.8. The molecule has 0 saturated heterocycles. The molecule has 0 atom stereocenters. The number of methoxy groups -OCH3 is 1. The Bertz CT molecular complexity index is 1220. The summed E-state index contributed by atoms with van der Waals surface area (Å²) in [5, 5.41) is 11.4. The second-order valence-corrected chi connectivity index (χ2v) is 7.75. The molecule has 0 unspecified atom stereocenters. The van der Waals surface area contributed by atoms with E-state index in [1.807, 2.05) is 48.5 Å². The Morgan fingerprint density at radius 3 is 2.58 bits per heavy atom. The number of aromatic nitrogens is 2. The van der Waals surface area contributed by atoms with Crippen molar-refractivity contribution < 1.29 is 9.53 Å². The molecule has 0 saturated carbocycles. The zero-order valence-corrected chi connectivity index (χ0v) is 18.2. The highest BCUT2D eigenvalue weighted by atomic mass is 35.5. The van der Waals surface area contributed by atoms with Gasteiger partial charge in [0.2, 0.25) is 0 Å². The fourth-order valence-corrected chi connectivity index (χ4v) is 3.68. The van der Waals surface area contributed by atoms with Gasteiger partial charge in [0.15, 0.2) is 0 Å². The standard InChI is InChI=1S/C24H19Cl2N3O2/c1-31-19-4-2-3-15(11-19)14-27-24(30)17-7-5-16(6-8-17)22-13-23(29-28-22)20-10-9-18(25)12-21(20)26/h2-13H,14H2,1H3,(H,27,30)(H,28,29). The van der Waals surface area contributed by atoms with Gasteiger partial charge in [-0.2, -0.15) is 5.10 Å². The van der Waals surface area contributed by atoms with Crippen LogP contribution in [0.25, 0.3) is 22.5 Å². The third kappa shape index (κ3) is 4.90. The van der Waals surface area contributed by atoms with Crippen molar-refractivity contribution in [3.8, 4) is 28.3 Å². The van der Waals surface area contributed by atoms with Crippen LogP contribution in [0, 0.1) is 0 Å². The van der Waals surface area contributed by atoms with Gasteiger partial charge in [-0.05, 0) is 54.1 Å². The van der Waals surface area contributed by atoms with E-state index in [0.29, 0.717) is 22.2 Å². The summed E-state index contributed by atoms with van der Waals surface area (Å²) in [6, 6.07) is 22.1. The molecular formula is C24H19Cl2N3O2. The fourth-order valence-electron chi connectivity index (χ4n) is 3.17. The molecule has 4 rings (SSSR count). The highest BCUT2D eigenvalue weighted by Gasteiger charge is 2.11. The minimum absolute atomic E-state index is 0.148. The van der Waals surface area contributed by atoms with Crippen molar-refractivity contribution in [1.29, 1.82) is 0 Å². The molecule has 0 spiro atoms. The molecular weight excluding hydrogens is 433 g/mol. The highest BCUT2D eigenvalue weighted by molar-refractivity contribution is 6.36. The van der Waals surface area contributed by atoms with Crippen LogP contribution < -0.4 is 10.1 Å². The molecule has 5 nitrogen and oxygen atoms in total. The summed E-state index contributed by atoms with van der Waals surface area (Å²) >= 11 is 12.3. The van der Waals surface area contributed by atoms with Gasteiger partial charge in [0.1, 0.15) is 5.75 Å². The summed E-state index contributed by atoms with van der Waals surface area (Å²) in [5.41, 5.74) is 4.79. The Kier molecular flexibility index (Phi) is 6.26. The summed E-state index contributed by atoms with van der Waals surface area (Å²) < 4.78 is 5.21. The smallest absolute Gasteiger partial charge is 0.251 e. The van der Waals surface area contributed by atoms with Crippen molar-refractivity contribution in [2.75, 3.05) is 7.11 Å². The number of carbonyl (C=O) groups is 1. The molecule has 7 heteroatoms. The van der Waals surface area contributed by atoms with Gasteiger partial charge in [0.25, 0.3) is 5.91 Å². The minimum Gasteiger partial charge on any atom is -0.497 e. The summed E-state index contributed by atoms with van der Waals surface area (Å²) in [6.45, 7) is 0.419. The molecule has 4 aromatic rings. The molecule has 156 valence electrons. The average Bonchev–Trinajstić information content (AvgIpc) is 3.27. The summed E-state index contributed by atoms with van der Waals surface area (Å²) in [5.74, 6) is 0.611. The van der Waals surface area contributed by atoms with Crippen LogP contribution in [0.3, 0.4) is 0 Å². The number of benzene rings is 3. The van der Waals surface area contributed by atoms with Crippen molar-refractivity contribution >= 4 is 29.1 Å². The van der Waals surface area contributed by atoms with Gasteiger partial charge < -0.3 is 10.1 Å². The lowest BCUT2D eigenvalue weighted by atomic mass is 10.1. The largest absolute Gasteiger partial charge is 0.497 e. The molecule has 1 aromatic heterocycles. The van der Waals surface area contributed by atoms with E-state index in [9.17, 15) is 4.79 Å². The number of amides is 1. The predicted molar refractivity (Wildman–Crippen MR) is 124 cm³/mol. The maximum atomic E-state index is 12.5. The number of ether oxygens (including phenoxy) is 1. The second kappa shape index (κ2) is 9.25. The van der Waals surface area contributed by atoms with Gasteiger partial charge in [-0.15, -0.1) is 0 Å². The monoisotopic (exact) mass is 451 g/mol. The van der Waals surface area contributed by atoms with Crippen molar-refractivity contribution in [2.45, 2.75) is 6.54 Å². The van der Waals surface area contributed by atoms with Crippen molar-refractivity contribution in [1.82, 2.24) is 15.5 Å². The van der Waals surface area contributed by atoms with Crippen LogP contribution in [0.2, 0.25) is 10.0 Å². The van der Waals surface area contributed by atoms with E-state index in [0.717, 1.165) is 33.8 Å². The molecule has 0 aliphatic heterocycles. The molecule has 2 N–H and O–H groups in total. The van der Waals surface area contributed by atoms with Gasteiger partial charge in [0.05, 0.1) is 23.5 Å². The zero-order valence-electron chi connectivity index (χ0n) is 16.7. The van der Waals surface area contributed by atoms with Crippen molar-refractivity contribution in [3.63, 3.8) is 0 Å². The third-order valence-corrected chi connectivity index (χ3v) is 5.38. The third-order valence-electron chi connectivity index (χ3n) is 4.83. The predicted octanol–water partition coefficient (Wildman–Crippen LogP) is 5.99. The van der Waals surface area contributed by atoms with E-state index in [2.05, 4.69) is 15.5 Å². The van der Waals surface area contributed by atoms with Crippen LogP contribution >= 0.6 is 23.2 Å². The number of halogens is 2. The number of hydrogen-bond acceptors (Lipinski definition) is 3. The molecule has 1 heterocycles. The Hall–Kier alpha value is -3.28. The van der Waals surface area contributed by atoms with Gasteiger partial charge in [-0.1, -0.05) is 47.5 Å². The number of H-pyrrole nitrogens is 1. The fraction of sp³-hybridized carbons (Fsp3) is 0.0833. The molecule has 0 radical (unpaired) electrons. The first kappa shape index (κ1) is 21.0. The van der Waals surface area contributed by atoms with Gasteiger partial charge in [-0.25, -0.2) is 0 Å². The SMILES string of the molecule is COc1cccc(CNC(=O)c2ccc(-c3cc(-c4ccc(Cl)cc4Cl)[nH]n3)cc2)c1. The number of rotatable bonds is 6. The lowest BCUT2D eigenvalue weighted by molar-refractivity contribution is 0.0951. The van der Waals surface area contributed by atoms with Crippen LogP contribution in [0.4, 0.5) is 0 Å². The topological polar surface area (TPSA) is 67.0 Å². The molecule has 0 aliphatic carbocycles. The first-order valence-corrected chi connectivity index (χ1v) is 10.3. The van der Waals surface area contributed by atoms with E-state index in [4.69, 9.17) is 27.9 Å². The van der Waals surface area contributed by atoms with Gasteiger partial charge in [0, 0.05) is 28.3 Å². The van der Waals surface area contributed by atoms with Crippen LogP contribution in [0.1, 0.15) is 15.9 Å². The first-order chi connectivity index (χ1) is 15.0. The highest BCUT2D eigenvalue weighted by Crippen LogP contribution is 2.31. The van der Waals surface area contributed by atoms with Gasteiger partial charge >= 0.3 is 0 Å². The van der Waals surface area contributed by atoms with Crippen LogP contribution in [0.5, 0.6) is 5.75 Å². The van der Waals surface area contributed by atoms with E-state index in [-0.39, 0.29) is 5.91 Å². The number of nitrogens with one attached hydrogen (secondary N) is 2. The van der Waals surface area contributed by atoms with E-state index in [1.54, 1.807) is 31.4 Å². The molecule has 0 aliphatic rings. The Morgan fingerprint density at radius 1 is 1.03 bits per heavy atom. The number of carbonyl (C=O) groups excluding carboxylic acids is 1. The normalized spacial score (nSPS) is 10.7. The quantitative estimate of drug-likeness (QED) is 0.378. The number of nitrogens with zero attached hydrogens (tertiary/aromatic N) is 1. The molecule has 0 fully saturated rings. The average molecular weight is 452 g/mol. The van der Waals surface area contributed by atoms with E-state index < -0.39 is 0 Å². The van der Waals surface area contributed by atoms with E-state index in [1.165, 1.54) is 0 Å². The Morgan fingerprint density at radius 2 is 1.84 bits per heavy atom. The molecule has 0 bridgehead atoms. The first-order valence-electron chi connectivity index (χ1n) is 9.56. The van der Waals surface area contributed by atoms with Gasteiger partial charge in [-0.3, -0.25) is 9.89 Å². The van der Waals surface area contributed by atoms with Crippen LogP contribution in [-0.2, 0) is 6.54 Å². The number of aromatic amines is 1. The van der Waals surface area contributed by atoms with Crippen molar-refractivity contribution in [2.24, 2.45) is 0 Å². The molecule has 1 amide bonds. The summed E-state index contributed by atoms with van der Waals surface area (Å²) in [6.07, 6.45) is 0. The lowest BCUT2D eigenvalue weighted by Gasteiger charge is -2.07. The molecule has 31 heavy (non-hydrogen) atoms. The van der Waals surface area contributed by atoms with Crippen LogP contribution in [-0.4, -0.2) is 23.2 Å². The minimum atomic E-state index is -0.148. The lowest BCUT2D eigenvalue weighted by Crippen LogP contribution is -2.22. The second-order valence-electron chi connectivity index (χ2n) is 6.90. The van der Waals surface area contributed by atoms with Crippen molar-refractivity contribution in [3.05, 3.63) is 94.0 Å². The maximum Gasteiger partial charge on any atom is 0.251 e. The number of hydrogen-bond donors (Lipinski definition) is 2. The Balaban J connectivity index is 1.44. The summed E-state index contributed by atoms with van der Waals surface area (Å²) in [7, 11) is 1.62. The van der Waals surface area contributed by atoms with Crippen LogP contribution in [0.15, 0.2) is 72.8 Å². The molecule has 3 aromatic carbocycles. The Labute approximate surface area is 190 Å². The summed E-state index contributed by atoms with van der Waals surface area (Å²) in [4.78, 5) is 12.5.